The third-order valence-corrected chi connectivity index (χ3v) is 4.20. The van der Waals surface area contributed by atoms with Crippen molar-refractivity contribution in [2.24, 2.45) is 5.14 Å². The summed E-state index contributed by atoms with van der Waals surface area (Å²) in [5, 5.41) is 8.32. The fraction of sp³-hybridized carbons (Fsp3) is 0.538. The van der Waals surface area contributed by atoms with E-state index in [0.717, 1.165) is 51.5 Å². The Morgan fingerprint density at radius 3 is 2.45 bits per heavy atom. The highest BCUT2D eigenvalue weighted by Gasteiger charge is 2.09. The molecule has 0 atom stereocenters. The van der Waals surface area contributed by atoms with E-state index >= 15 is 0 Å². The maximum Gasteiger partial charge on any atom is 0.238 e. The Hall–Kier alpha value is -1.15. The second kappa shape index (κ2) is 7.03. The third kappa shape index (κ3) is 4.75. The number of nitrogens with zero attached hydrogens (tertiary/aromatic N) is 1. The Balaban J connectivity index is 1.71. The fourth-order valence-electron chi connectivity index (χ4n) is 2.12. The van der Waals surface area contributed by atoms with Gasteiger partial charge in [-0.25, -0.2) is 13.6 Å². The number of anilines is 1. The van der Waals surface area contributed by atoms with Crippen molar-refractivity contribution in [1.82, 2.24) is 4.90 Å². The van der Waals surface area contributed by atoms with E-state index in [1.54, 1.807) is 12.1 Å². The molecule has 1 aromatic carbocycles. The van der Waals surface area contributed by atoms with Crippen LogP contribution < -0.4 is 10.5 Å². The zero-order valence-electron chi connectivity index (χ0n) is 11.4. The Morgan fingerprint density at radius 2 is 1.85 bits per heavy atom. The summed E-state index contributed by atoms with van der Waals surface area (Å²) in [6.45, 7) is 5.55. The van der Waals surface area contributed by atoms with Gasteiger partial charge in [0.2, 0.25) is 10.0 Å². The van der Waals surface area contributed by atoms with Crippen LogP contribution in [-0.4, -0.2) is 52.7 Å². The summed E-state index contributed by atoms with van der Waals surface area (Å²) in [6, 6.07) is 6.49. The number of nitrogens with two attached hydrogens (primary N) is 1. The van der Waals surface area contributed by atoms with Gasteiger partial charge in [-0.15, -0.1) is 0 Å². The number of morpholine rings is 1. The molecule has 0 bridgehead atoms. The lowest BCUT2D eigenvalue weighted by atomic mass is 10.3. The zero-order valence-corrected chi connectivity index (χ0v) is 12.2. The molecule has 0 spiro atoms. The van der Waals surface area contributed by atoms with Gasteiger partial charge in [0.1, 0.15) is 0 Å². The van der Waals surface area contributed by atoms with Crippen molar-refractivity contribution in [3.05, 3.63) is 24.3 Å². The first-order valence-electron chi connectivity index (χ1n) is 6.72. The number of hydrogen-bond donors (Lipinski definition) is 2. The molecule has 1 aromatic rings. The predicted molar refractivity (Wildman–Crippen MR) is 78.2 cm³/mol. The van der Waals surface area contributed by atoms with Crippen LogP contribution in [0.4, 0.5) is 5.69 Å². The smallest absolute Gasteiger partial charge is 0.238 e. The zero-order chi connectivity index (χ0) is 14.4. The normalized spacial score (nSPS) is 17.1. The van der Waals surface area contributed by atoms with E-state index in [4.69, 9.17) is 9.88 Å². The summed E-state index contributed by atoms with van der Waals surface area (Å²) in [4.78, 5) is 2.52. The molecular formula is C13H21N3O3S. The van der Waals surface area contributed by atoms with Crippen molar-refractivity contribution < 1.29 is 13.2 Å². The van der Waals surface area contributed by atoms with Gasteiger partial charge >= 0.3 is 0 Å². The van der Waals surface area contributed by atoms with Crippen LogP contribution in [0.1, 0.15) is 6.42 Å². The van der Waals surface area contributed by atoms with Gasteiger partial charge in [0, 0.05) is 25.3 Å². The van der Waals surface area contributed by atoms with Gasteiger partial charge in [-0.2, -0.15) is 0 Å². The molecule has 1 fully saturated rings. The monoisotopic (exact) mass is 299 g/mol. The van der Waals surface area contributed by atoms with E-state index in [1.807, 2.05) is 0 Å². The van der Waals surface area contributed by atoms with Gasteiger partial charge in [0.25, 0.3) is 0 Å². The average Bonchev–Trinajstić information content (AvgIpc) is 2.44. The van der Waals surface area contributed by atoms with Crippen molar-refractivity contribution >= 4 is 15.7 Å². The number of hydrogen-bond acceptors (Lipinski definition) is 5. The molecule has 0 aliphatic carbocycles. The van der Waals surface area contributed by atoms with Gasteiger partial charge in [0.15, 0.2) is 0 Å². The molecule has 3 N–H and O–H groups in total. The first kappa shape index (κ1) is 15.2. The van der Waals surface area contributed by atoms with Crippen LogP contribution in [0.15, 0.2) is 29.2 Å². The maximum absolute atomic E-state index is 11.1. The average molecular weight is 299 g/mol. The quantitative estimate of drug-likeness (QED) is 0.746. The summed E-state index contributed by atoms with van der Waals surface area (Å²) in [5.41, 5.74) is 0.902. The molecule has 0 amide bonds. The summed E-state index contributed by atoms with van der Waals surface area (Å²) in [6.07, 6.45) is 1.04. The summed E-state index contributed by atoms with van der Waals surface area (Å²) < 4.78 is 27.5. The molecule has 0 aromatic heterocycles. The molecular weight excluding hydrogens is 278 g/mol. The lowest BCUT2D eigenvalue weighted by Crippen LogP contribution is -2.37. The minimum absolute atomic E-state index is 0.136. The molecule has 0 saturated carbocycles. The van der Waals surface area contributed by atoms with Gasteiger partial charge < -0.3 is 10.1 Å². The van der Waals surface area contributed by atoms with E-state index < -0.39 is 10.0 Å². The number of nitrogens with one attached hydrogen (secondary N) is 1. The van der Waals surface area contributed by atoms with Crippen molar-refractivity contribution in [2.75, 3.05) is 44.7 Å². The molecule has 20 heavy (non-hydrogen) atoms. The number of benzene rings is 1. The van der Waals surface area contributed by atoms with Crippen LogP contribution in [-0.2, 0) is 14.8 Å². The van der Waals surface area contributed by atoms with E-state index in [2.05, 4.69) is 10.2 Å². The van der Waals surface area contributed by atoms with Gasteiger partial charge in [0.05, 0.1) is 18.1 Å². The van der Waals surface area contributed by atoms with E-state index in [9.17, 15) is 8.42 Å². The van der Waals surface area contributed by atoms with Gasteiger partial charge in [-0.1, -0.05) is 0 Å². The molecule has 0 radical (unpaired) electrons. The molecule has 2 rings (SSSR count). The minimum atomic E-state index is -3.61. The minimum Gasteiger partial charge on any atom is -0.385 e. The molecule has 1 aliphatic rings. The van der Waals surface area contributed by atoms with Gasteiger partial charge in [-0.05, 0) is 37.2 Å². The number of primary sulfonamides is 1. The number of sulfonamides is 1. The predicted octanol–water partition coefficient (Wildman–Crippen LogP) is 0.468. The Morgan fingerprint density at radius 1 is 1.20 bits per heavy atom. The third-order valence-electron chi connectivity index (χ3n) is 3.27. The molecule has 6 nitrogen and oxygen atoms in total. The largest absolute Gasteiger partial charge is 0.385 e. The van der Waals surface area contributed by atoms with E-state index in [0.29, 0.717) is 0 Å². The van der Waals surface area contributed by atoms with Crippen LogP contribution in [0.25, 0.3) is 0 Å². The van der Waals surface area contributed by atoms with Crippen LogP contribution in [0.2, 0.25) is 0 Å². The van der Waals surface area contributed by atoms with Crippen molar-refractivity contribution in [3.8, 4) is 0 Å². The molecule has 1 aliphatic heterocycles. The lowest BCUT2D eigenvalue weighted by molar-refractivity contribution is 0.0378. The summed E-state index contributed by atoms with van der Waals surface area (Å²) in [7, 11) is -3.61. The van der Waals surface area contributed by atoms with Gasteiger partial charge in [-0.3, -0.25) is 4.90 Å². The summed E-state index contributed by atoms with van der Waals surface area (Å²) in [5.74, 6) is 0. The van der Waals surface area contributed by atoms with E-state index in [1.165, 1.54) is 12.1 Å². The first-order chi connectivity index (χ1) is 9.55. The highest BCUT2D eigenvalue weighted by molar-refractivity contribution is 7.89. The highest BCUT2D eigenvalue weighted by atomic mass is 32.2. The topological polar surface area (TPSA) is 84.7 Å². The maximum atomic E-state index is 11.1. The molecule has 1 saturated heterocycles. The van der Waals surface area contributed by atoms with Crippen LogP contribution >= 0.6 is 0 Å². The molecule has 1 heterocycles. The van der Waals surface area contributed by atoms with Crippen LogP contribution in [0.5, 0.6) is 0 Å². The Labute approximate surface area is 120 Å². The second-order valence-corrected chi connectivity index (χ2v) is 6.37. The first-order valence-corrected chi connectivity index (χ1v) is 8.27. The fourth-order valence-corrected chi connectivity index (χ4v) is 2.64. The number of ether oxygens (including phenoxy) is 1. The van der Waals surface area contributed by atoms with Crippen molar-refractivity contribution in [3.63, 3.8) is 0 Å². The van der Waals surface area contributed by atoms with Crippen LogP contribution in [0, 0.1) is 0 Å². The molecule has 112 valence electrons. The SMILES string of the molecule is NS(=O)(=O)c1ccc(NCCCN2CCOCC2)cc1. The lowest BCUT2D eigenvalue weighted by Gasteiger charge is -2.26. The van der Waals surface area contributed by atoms with Crippen LogP contribution in [0.3, 0.4) is 0 Å². The number of rotatable bonds is 6. The Kier molecular flexibility index (Phi) is 5.36. The Bertz CT molecular complexity index is 510. The second-order valence-electron chi connectivity index (χ2n) is 4.80. The highest BCUT2D eigenvalue weighted by Crippen LogP contribution is 2.12. The molecule has 0 unspecified atom stereocenters. The van der Waals surface area contributed by atoms with Crippen molar-refractivity contribution in [1.29, 1.82) is 0 Å². The van der Waals surface area contributed by atoms with Crippen molar-refractivity contribution in [2.45, 2.75) is 11.3 Å². The molecule has 7 heteroatoms. The standard InChI is InChI=1S/C13H21N3O3S/c14-20(17,18)13-4-2-12(3-5-13)15-6-1-7-16-8-10-19-11-9-16/h2-5,15H,1,6-11H2,(H2,14,17,18). The van der Waals surface area contributed by atoms with E-state index in [-0.39, 0.29) is 4.90 Å². The summed E-state index contributed by atoms with van der Waals surface area (Å²) >= 11 is 0.